The molecule has 0 bridgehead atoms. The molecule has 0 saturated heterocycles. The van der Waals surface area contributed by atoms with Crippen LogP contribution >= 0.6 is 0 Å². The van der Waals surface area contributed by atoms with E-state index in [1.807, 2.05) is 58.0 Å². The fraction of sp³-hybridized carbons (Fsp3) is 0.310. The quantitative estimate of drug-likeness (QED) is 0.430. The summed E-state index contributed by atoms with van der Waals surface area (Å²) in [7, 11) is -4.07. The minimum atomic E-state index is -4.07. The highest BCUT2D eigenvalue weighted by atomic mass is 32.2. The minimum Gasteiger partial charge on any atom is -0.355 e. The monoisotopic (exact) mass is 521 g/mol. The third kappa shape index (κ3) is 6.98. The molecule has 37 heavy (non-hydrogen) atoms. The Labute approximate surface area is 220 Å². The Kier molecular flexibility index (Phi) is 9.10. The summed E-state index contributed by atoms with van der Waals surface area (Å²) in [4.78, 5) is 28.1. The number of anilines is 1. The third-order valence-electron chi connectivity index (χ3n) is 6.17. The van der Waals surface area contributed by atoms with Gasteiger partial charge in [-0.1, -0.05) is 59.7 Å². The van der Waals surface area contributed by atoms with E-state index in [9.17, 15) is 18.0 Å². The van der Waals surface area contributed by atoms with E-state index in [0.29, 0.717) is 12.2 Å². The Bertz CT molecular complexity index is 1340. The van der Waals surface area contributed by atoms with E-state index in [0.717, 1.165) is 26.6 Å². The van der Waals surface area contributed by atoms with Crippen molar-refractivity contribution < 1.29 is 18.0 Å². The van der Waals surface area contributed by atoms with Crippen LogP contribution in [0.15, 0.2) is 77.7 Å². The fourth-order valence-corrected chi connectivity index (χ4v) is 5.35. The molecule has 1 unspecified atom stereocenters. The van der Waals surface area contributed by atoms with Crippen molar-refractivity contribution in [2.75, 3.05) is 17.4 Å². The van der Waals surface area contributed by atoms with Gasteiger partial charge in [-0.15, -0.1) is 0 Å². The topological polar surface area (TPSA) is 86.8 Å². The van der Waals surface area contributed by atoms with Crippen molar-refractivity contribution in [2.45, 2.75) is 52.1 Å². The summed E-state index contributed by atoms with van der Waals surface area (Å²) in [6.07, 6.45) is 0. The van der Waals surface area contributed by atoms with Gasteiger partial charge in [0, 0.05) is 13.1 Å². The Hall–Kier alpha value is -3.65. The third-order valence-corrected chi connectivity index (χ3v) is 7.96. The van der Waals surface area contributed by atoms with Gasteiger partial charge in [0.15, 0.2) is 0 Å². The number of likely N-dealkylation sites (N-methyl/N-ethyl adjacent to an activating group) is 1. The van der Waals surface area contributed by atoms with Crippen LogP contribution in [0.4, 0.5) is 5.69 Å². The Balaban J connectivity index is 2.02. The summed E-state index contributed by atoms with van der Waals surface area (Å²) in [5.74, 6) is -0.775. The van der Waals surface area contributed by atoms with E-state index in [-0.39, 0.29) is 17.3 Å². The highest BCUT2D eigenvalue weighted by Crippen LogP contribution is 2.25. The maximum absolute atomic E-state index is 13.8. The maximum Gasteiger partial charge on any atom is 0.264 e. The first-order valence-corrected chi connectivity index (χ1v) is 13.8. The van der Waals surface area contributed by atoms with Gasteiger partial charge in [-0.2, -0.15) is 0 Å². The van der Waals surface area contributed by atoms with Gasteiger partial charge in [-0.05, 0) is 70.0 Å². The van der Waals surface area contributed by atoms with Gasteiger partial charge in [-0.3, -0.25) is 13.9 Å². The molecule has 3 rings (SSSR count). The molecule has 196 valence electrons. The summed E-state index contributed by atoms with van der Waals surface area (Å²) in [6.45, 7) is 9.32. The average molecular weight is 522 g/mol. The second kappa shape index (κ2) is 12.1. The SMILES string of the molecule is CCNC(=O)C(C)N(Cc1ccc(C)cc1)C(=O)CN(c1cccc(C)c1)S(=O)(=O)c1ccc(C)cc1. The largest absolute Gasteiger partial charge is 0.355 e. The molecule has 2 amide bonds. The molecular weight excluding hydrogens is 486 g/mol. The van der Waals surface area contributed by atoms with Crippen molar-refractivity contribution in [1.29, 1.82) is 0 Å². The van der Waals surface area contributed by atoms with Crippen LogP contribution in [0, 0.1) is 20.8 Å². The molecule has 3 aromatic rings. The number of rotatable bonds is 10. The predicted molar refractivity (Wildman–Crippen MR) is 147 cm³/mol. The van der Waals surface area contributed by atoms with E-state index in [4.69, 9.17) is 0 Å². The summed E-state index contributed by atoms with van der Waals surface area (Å²) >= 11 is 0. The molecule has 0 aliphatic heterocycles. The molecule has 1 atom stereocenters. The molecule has 0 radical (unpaired) electrons. The fourth-order valence-electron chi connectivity index (χ4n) is 3.94. The van der Waals surface area contributed by atoms with Crippen molar-refractivity contribution in [1.82, 2.24) is 10.2 Å². The zero-order valence-corrected chi connectivity index (χ0v) is 22.9. The molecule has 0 heterocycles. The molecule has 7 nitrogen and oxygen atoms in total. The molecule has 0 aromatic heterocycles. The first-order chi connectivity index (χ1) is 17.5. The first-order valence-electron chi connectivity index (χ1n) is 12.3. The van der Waals surface area contributed by atoms with Crippen LogP contribution in [0.1, 0.15) is 36.1 Å². The summed E-state index contributed by atoms with van der Waals surface area (Å²) in [6, 6.07) is 20.5. The number of nitrogens with zero attached hydrogens (tertiary/aromatic N) is 2. The van der Waals surface area contributed by atoms with E-state index in [1.54, 1.807) is 49.4 Å². The molecule has 0 fully saturated rings. The van der Waals surface area contributed by atoms with E-state index in [2.05, 4.69) is 5.32 Å². The molecule has 0 aliphatic carbocycles. The lowest BCUT2D eigenvalue weighted by molar-refractivity contribution is -0.139. The lowest BCUT2D eigenvalue weighted by Crippen LogP contribution is -2.51. The standard InChI is InChI=1S/C29H35N3O4S/c1-6-30-29(34)24(5)31(19-25-14-10-21(2)11-15-25)28(33)20-32(26-9-7-8-23(4)18-26)37(35,36)27-16-12-22(3)13-17-27/h7-18,24H,6,19-20H2,1-5H3,(H,30,34). The number of carbonyl (C=O) groups is 2. The number of hydrogen-bond acceptors (Lipinski definition) is 4. The molecule has 3 aromatic carbocycles. The van der Waals surface area contributed by atoms with Crippen molar-refractivity contribution >= 4 is 27.5 Å². The average Bonchev–Trinajstić information content (AvgIpc) is 2.86. The lowest BCUT2D eigenvalue weighted by atomic mass is 10.1. The molecular formula is C29H35N3O4S. The van der Waals surface area contributed by atoms with Crippen LogP contribution in [0.25, 0.3) is 0 Å². The summed E-state index contributed by atoms with van der Waals surface area (Å²) < 4.78 is 28.7. The Morgan fingerprint density at radius 2 is 1.46 bits per heavy atom. The zero-order valence-electron chi connectivity index (χ0n) is 22.1. The van der Waals surface area contributed by atoms with E-state index in [1.165, 1.54) is 4.90 Å². The van der Waals surface area contributed by atoms with Crippen LogP contribution < -0.4 is 9.62 Å². The van der Waals surface area contributed by atoms with Gasteiger partial charge < -0.3 is 10.2 Å². The zero-order chi connectivity index (χ0) is 27.2. The van der Waals surface area contributed by atoms with Gasteiger partial charge in [0.05, 0.1) is 10.6 Å². The van der Waals surface area contributed by atoms with Gasteiger partial charge in [-0.25, -0.2) is 8.42 Å². The van der Waals surface area contributed by atoms with E-state index < -0.39 is 28.5 Å². The summed E-state index contributed by atoms with van der Waals surface area (Å²) in [5.41, 5.74) is 4.10. The molecule has 0 saturated carbocycles. The van der Waals surface area contributed by atoms with Crippen LogP contribution in [0.3, 0.4) is 0 Å². The van der Waals surface area contributed by atoms with Gasteiger partial charge in [0.1, 0.15) is 12.6 Å². The normalized spacial score (nSPS) is 12.0. The summed E-state index contributed by atoms with van der Waals surface area (Å²) in [5, 5.41) is 2.76. The maximum atomic E-state index is 13.8. The molecule has 1 N–H and O–H groups in total. The van der Waals surface area contributed by atoms with Crippen LogP contribution in [-0.2, 0) is 26.2 Å². The van der Waals surface area contributed by atoms with Gasteiger partial charge >= 0.3 is 0 Å². The number of aryl methyl sites for hydroxylation is 3. The van der Waals surface area contributed by atoms with Crippen LogP contribution in [-0.4, -0.2) is 44.3 Å². The highest BCUT2D eigenvalue weighted by molar-refractivity contribution is 7.92. The van der Waals surface area contributed by atoms with Crippen molar-refractivity contribution in [3.05, 3.63) is 95.1 Å². The van der Waals surface area contributed by atoms with Gasteiger partial charge in [0.2, 0.25) is 11.8 Å². The van der Waals surface area contributed by atoms with E-state index >= 15 is 0 Å². The predicted octanol–water partition coefficient (Wildman–Crippen LogP) is 4.36. The molecule has 8 heteroatoms. The second-order valence-electron chi connectivity index (χ2n) is 9.24. The number of nitrogens with one attached hydrogen (secondary N) is 1. The Morgan fingerprint density at radius 3 is 2.03 bits per heavy atom. The second-order valence-corrected chi connectivity index (χ2v) is 11.1. The van der Waals surface area contributed by atoms with Crippen molar-refractivity contribution in [3.8, 4) is 0 Å². The van der Waals surface area contributed by atoms with Gasteiger partial charge in [0.25, 0.3) is 10.0 Å². The lowest BCUT2D eigenvalue weighted by Gasteiger charge is -2.32. The Morgan fingerprint density at radius 1 is 0.865 bits per heavy atom. The number of benzene rings is 3. The minimum absolute atomic E-state index is 0.0919. The number of hydrogen-bond donors (Lipinski definition) is 1. The number of amides is 2. The van der Waals surface area contributed by atoms with Crippen LogP contribution in [0.2, 0.25) is 0 Å². The smallest absolute Gasteiger partial charge is 0.264 e. The van der Waals surface area contributed by atoms with Crippen molar-refractivity contribution in [3.63, 3.8) is 0 Å². The molecule has 0 spiro atoms. The number of sulfonamides is 1. The highest BCUT2D eigenvalue weighted by Gasteiger charge is 2.32. The number of carbonyl (C=O) groups excluding carboxylic acids is 2. The molecule has 0 aliphatic rings. The van der Waals surface area contributed by atoms with Crippen LogP contribution in [0.5, 0.6) is 0 Å². The van der Waals surface area contributed by atoms with Crippen molar-refractivity contribution in [2.24, 2.45) is 0 Å². The first kappa shape index (κ1) is 27.9.